The molecule has 1 spiro atoms. The lowest BCUT2D eigenvalue weighted by Gasteiger charge is -2.41. The number of rotatable bonds is 11. The molecule has 4 fully saturated rings. The van der Waals surface area contributed by atoms with Crippen LogP contribution in [0.15, 0.2) is 25.3 Å². The summed E-state index contributed by atoms with van der Waals surface area (Å²) in [5.41, 5.74) is -1.96. The molecule has 1 aliphatic carbocycles. The summed E-state index contributed by atoms with van der Waals surface area (Å²) >= 11 is 0. The summed E-state index contributed by atoms with van der Waals surface area (Å²) in [5, 5.41) is 9.36. The molecule has 0 aromatic carbocycles. The van der Waals surface area contributed by atoms with Gasteiger partial charge in [0.1, 0.15) is 24.2 Å². The molecule has 2 amide bonds. The number of carbonyl (C=O) groups is 3. The van der Waals surface area contributed by atoms with E-state index in [4.69, 9.17) is 9.47 Å². The Morgan fingerprint density at radius 2 is 1.94 bits per heavy atom. The molecule has 0 aromatic rings. The van der Waals surface area contributed by atoms with E-state index in [1.54, 1.807) is 11.0 Å². The van der Waals surface area contributed by atoms with Gasteiger partial charge in [0.15, 0.2) is 0 Å². The first-order chi connectivity index (χ1) is 17.3. The first kappa shape index (κ1) is 26.9. The Balaban J connectivity index is 1.75. The molecule has 2 bridgehead atoms. The van der Waals surface area contributed by atoms with Gasteiger partial charge in [-0.05, 0) is 44.9 Å². The zero-order chi connectivity index (χ0) is 26.1. The molecule has 1 N–H and O–H groups in total. The van der Waals surface area contributed by atoms with Crippen LogP contribution in [0.2, 0.25) is 0 Å². The molecule has 6 atom stereocenters. The van der Waals surface area contributed by atoms with Crippen LogP contribution in [0.1, 0.15) is 65.2 Å². The van der Waals surface area contributed by atoms with Gasteiger partial charge in [-0.15, -0.1) is 6.58 Å². The highest BCUT2D eigenvalue weighted by Crippen LogP contribution is 2.65. The van der Waals surface area contributed by atoms with E-state index in [1.807, 2.05) is 18.7 Å². The third-order valence-electron chi connectivity index (χ3n) is 9.08. The standard InChI is InChI=1S/C28H42N2O6/c1-5-14-29(20-12-8-7-9-13-20)25(33)23-28-18-19(3)27(4,36-28)22(26(34)35-17-6-2)21(28)24(32)30(23)15-10-11-16-31/h5-6,19-23,31H,1-2,7-18H2,3-4H3/t19?,21-,22-,23?,27+,28?/m0/s1. The van der Waals surface area contributed by atoms with E-state index in [-0.39, 0.29) is 37.0 Å². The zero-order valence-electron chi connectivity index (χ0n) is 21.8. The normalized spacial score (nSPS) is 35.5. The van der Waals surface area contributed by atoms with E-state index in [1.165, 1.54) is 12.5 Å². The minimum atomic E-state index is -1.08. The fourth-order valence-electron chi connectivity index (χ4n) is 7.35. The topological polar surface area (TPSA) is 96.4 Å². The molecule has 4 aliphatic rings. The highest BCUT2D eigenvalue weighted by molar-refractivity contribution is 5.98. The van der Waals surface area contributed by atoms with E-state index >= 15 is 0 Å². The number of ether oxygens (including phenoxy) is 2. The lowest BCUT2D eigenvalue weighted by atomic mass is 9.62. The van der Waals surface area contributed by atoms with Gasteiger partial charge in [0.2, 0.25) is 11.8 Å². The van der Waals surface area contributed by atoms with Crippen molar-refractivity contribution in [3.63, 3.8) is 0 Å². The van der Waals surface area contributed by atoms with Crippen molar-refractivity contribution < 1.29 is 29.0 Å². The summed E-state index contributed by atoms with van der Waals surface area (Å²) in [5.74, 6) is -2.38. The second-order valence-electron chi connectivity index (χ2n) is 11.2. The Bertz CT molecular complexity index is 885. The van der Waals surface area contributed by atoms with Crippen molar-refractivity contribution in [1.29, 1.82) is 0 Å². The summed E-state index contributed by atoms with van der Waals surface area (Å²) < 4.78 is 12.2. The SMILES string of the molecule is C=CCOC(=O)[C@@H]1[C@H]2C(=O)N(CCCCO)C(C(=O)N(CC=C)C3CCCCC3)C23CC(C)[C@@]1(C)O3. The molecule has 0 aromatic heterocycles. The smallest absolute Gasteiger partial charge is 0.313 e. The van der Waals surface area contributed by atoms with Gasteiger partial charge < -0.3 is 24.4 Å². The maximum absolute atomic E-state index is 14.4. The quantitative estimate of drug-likeness (QED) is 0.265. The van der Waals surface area contributed by atoms with E-state index in [0.717, 1.165) is 25.7 Å². The second-order valence-corrected chi connectivity index (χ2v) is 11.2. The van der Waals surface area contributed by atoms with Gasteiger partial charge in [-0.2, -0.15) is 0 Å². The summed E-state index contributed by atoms with van der Waals surface area (Å²) in [4.78, 5) is 45.3. The van der Waals surface area contributed by atoms with Crippen LogP contribution in [0.25, 0.3) is 0 Å². The number of carbonyl (C=O) groups excluding carboxylic acids is 3. The Kier molecular flexibility index (Phi) is 7.95. The number of aliphatic hydroxyl groups excluding tert-OH is 1. The molecule has 8 nitrogen and oxygen atoms in total. The molecule has 36 heavy (non-hydrogen) atoms. The van der Waals surface area contributed by atoms with Gasteiger partial charge in [-0.3, -0.25) is 14.4 Å². The van der Waals surface area contributed by atoms with Crippen molar-refractivity contribution in [3.05, 3.63) is 25.3 Å². The molecule has 200 valence electrons. The van der Waals surface area contributed by atoms with Crippen molar-refractivity contribution >= 4 is 17.8 Å². The summed E-state index contributed by atoms with van der Waals surface area (Å²) in [6, 6.07) is -0.703. The maximum atomic E-state index is 14.4. The number of hydrogen-bond donors (Lipinski definition) is 1. The van der Waals surface area contributed by atoms with E-state index in [0.29, 0.717) is 32.4 Å². The Morgan fingerprint density at radius 3 is 2.58 bits per heavy atom. The molecular weight excluding hydrogens is 460 g/mol. The Morgan fingerprint density at radius 1 is 1.22 bits per heavy atom. The third-order valence-corrected chi connectivity index (χ3v) is 9.08. The van der Waals surface area contributed by atoms with Crippen LogP contribution in [-0.4, -0.2) is 82.3 Å². The van der Waals surface area contributed by atoms with Gasteiger partial charge in [0, 0.05) is 25.7 Å². The van der Waals surface area contributed by atoms with Gasteiger partial charge in [0.25, 0.3) is 0 Å². The number of nitrogens with zero attached hydrogens (tertiary/aromatic N) is 2. The van der Waals surface area contributed by atoms with Crippen molar-refractivity contribution in [1.82, 2.24) is 9.80 Å². The van der Waals surface area contributed by atoms with E-state index in [2.05, 4.69) is 13.2 Å². The lowest BCUT2D eigenvalue weighted by Crippen LogP contribution is -2.58. The summed E-state index contributed by atoms with van der Waals surface area (Å²) in [6.07, 6.45) is 10.1. The lowest BCUT2D eigenvalue weighted by molar-refractivity contribution is -0.161. The third kappa shape index (κ3) is 4.20. The molecule has 3 heterocycles. The van der Waals surface area contributed by atoms with Gasteiger partial charge in [-0.1, -0.05) is 44.9 Å². The molecule has 3 unspecified atom stereocenters. The van der Waals surface area contributed by atoms with Gasteiger partial charge in [0.05, 0.1) is 11.5 Å². The molecule has 4 rings (SSSR count). The number of likely N-dealkylation sites (tertiary alicyclic amines) is 1. The maximum Gasteiger partial charge on any atom is 0.313 e. The minimum Gasteiger partial charge on any atom is -0.461 e. The summed E-state index contributed by atoms with van der Waals surface area (Å²) in [6.45, 7) is 12.3. The van der Waals surface area contributed by atoms with Crippen molar-refractivity contribution in [2.75, 3.05) is 26.3 Å². The Labute approximate surface area is 214 Å². The first-order valence-electron chi connectivity index (χ1n) is 13.6. The van der Waals surface area contributed by atoms with Crippen molar-refractivity contribution in [2.45, 2.75) is 88.5 Å². The number of fused-ring (bicyclic) bond motifs is 1. The van der Waals surface area contributed by atoms with Crippen LogP contribution in [0.5, 0.6) is 0 Å². The minimum absolute atomic E-state index is 0.0159. The molecule has 3 saturated heterocycles. The second kappa shape index (κ2) is 10.7. The highest BCUT2D eigenvalue weighted by Gasteiger charge is 2.80. The van der Waals surface area contributed by atoms with E-state index < -0.39 is 35.0 Å². The predicted octanol–water partition coefficient (Wildman–Crippen LogP) is 2.85. The number of aliphatic hydroxyl groups is 1. The monoisotopic (exact) mass is 502 g/mol. The zero-order valence-corrected chi connectivity index (χ0v) is 21.8. The van der Waals surface area contributed by atoms with Crippen LogP contribution < -0.4 is 0 Å². The van der Waals surface area contributed by atoms with Crippen LogP contribution in [0, 0.1) is 17.8 Å². The highest BCUT2D eigenvalue weighted by atomic mass is 16.6. The average molecular weight is 503 g/mol. The number of unbranched alkanes of at least 4 members (excludes halogenated alkanes) is 1. The summed E-state index contributed by atoms with van der Waals surface area (Å²) in [7, 11) is 0. The largest absolute Gasteiger partial charge is 0.461 e. The van der Waals surface area contributed by atoms with Crippen molar-refractivity contribution in [2.24, 2.45) is 17.8 Å². The van der Waals surface area contributed by atoms with Gasteiger partial charge in [-0.25, -0.2) is 0 Å². The average Bonchev–Trinajstić information content (AvgIpc) is 3.38. The van der Waals surface area contributed by atoms with Crippen molar-refractivity contribution in [3.8, 4) is 0 Å². The number of esters is 1. The Hall–Kier alpha value is -2.19. The van der Waals surface area contributed by atoms with Crippen LogP contribution in [0.4, 0.5) is 0 Å². The molecule has 3 aliphatic heterocycles. The van der Waals surface area contributed by atoms with Crippen LogP contribution >= 0.6 is 0 Å². The molecule has 1 saturated carbocycles. The molecular formula is C28H42N2O6. The van der Waals surface area contributed by atoms with Crippen LogP contribution in [0.3, 0.4) is 0 Å². The molecule has 8 heteroatoms. The first-order valence-corrected chi connectivity index (χ1v) is 13.6. The number of amides is 2. The fourth-order valence-corrected chi connectivity index (χ4v) is 7.35. The molecule has 0 radical (unpaired) electrons. The van der Waals surface area contributed by atoms with Gasteiger partial charge >= 0.3 is 5.97 Å². The predicted molar refractivity (Wildman–Crippen MR) is 135 cm³/mol. The number of hydrogen-bond acceptors (Lipinski definition) is 6. The van der Waals surface area contributed by atoms with Crippen LogP contribution in [-0.2, 0) is 23.9 Å². The fraction of sp³-hybridized carbons (Fsp3) is 0.750. The van der Waals surface area contributed by atoms with E-state index in [9.17, 15) is 19.5 Å².